The second kappa shape index (κ2) is 16.9. The molecule has 8 bridgehead atoms. The first-order valence-electron chi connectivity index (χ1n) is 19.1. The zero-order chi connectivity index (χ0) is 38.4. The van der Waals surface area contributed by atoms with Gasteiger partial charge in [0.2, 0.25) is 5.91 Å². The van der Waals surface area contributed by atoms with Gasteiger partial charge in [-0.3, -0.25) is 19.4 Å². The third-order valence-corrected chi connectivity index (χ3v) is 11.2. The largest absolute Gasteiger partial charge is 0.469 e. The molecule has 1 amide bonds. The number of aromatic amines is 2. The fourth-order valence-electron chi connectivity index (χ4n) is 7.81. The SMILES string of the molecule is CCCCCCC[C@H]1c2cc3[nH]c(cc4nc(cc5[nH]c(cc(n2)[C@@]1(C)CC(=O)N(C)C)cc5C)C(C)=C4CCC(=O)OC)c(CCC(=O)OC)c3C. The third-order valence-electron chi connectivity index (χ3n) is 11.2. The van der Waals surface area contributed by atoms with Crippen LogP contribution in [0.25, 0.3) is 33.2 Å². The van der Waals surface area contributed by atoms with Gasteiger partial charge in [-0.15, -0.1) is 0 Å². The number of H-pyrrole nitrogens is 2. The van der Waals surface area contributed by atoms with Crippen LogP contribution in [0.2, 0.25) is 0 Å². The number of methoxy groups -OCH3 is 2. The summed E-state index contributed by atoms with van der Waals surface area (Å²) in [7, 11) is 6.45. The number of amides is 1. The number of hydrogen-bond donors (Lipinski definition) is 2. The highest BCUT2D eigenvalue weighted by Crippen LogP contribution is 2.48. The quantitative estimate of drug-likeness (QED) is 0.126. The first-order chi connectivity index (χ1) is 25.3. The van der Waals surface area contributed by atoms with Gasteiger partial charge in [0, 0.05) is 78.1 Å². The number of nitrogens with zero attached hydrogens (tertiary/aromatic N) is 3. The average molecular weight is 724 g/mol. The van der Waals surface area contributed by atoms with Crippen LogP contribution in [0, 0.1) is 13.8 Å². The standard InChI is InChI=1S/C43H57N5O5/c1-10-11-12-13-14-15-32-38-23-35-28(4)31(17-19-42(51)53-9)37(46-35)24-36-30(16-18-41(50)52-8)27(3)34(45-36)22-33-26(2)20-29(44-33)21-39(47-38)43(32,5)25-40(49)48(6)7/h20-24,32,44,46H,10-19,25H2,1-9H3/t32-,43-/m0/s1. The topological polar surface area (TPSA) is 130 Å². The number of unbranched alkanes of at least 4 members (excludes halogenated alkanes) is 4. The van der Waals surface area contributed by atoms with Crippen molar-refractivity contribution < 1.29 is 23.9 Å². The molecule has 5 heterocycles. The summed E-state index contributed by atoms with van der Waals surface area (Å²) in [6.45, 7) is 10.6. The van der Waals surface area contributed by atoms with E-state index in [9.17, 15) is 14.4 Å². The number of hydrogen-bond acceptors (Lipinski definition) is 7. The molecule has 2 atom stereocenters. The molecule has 0 aromatic carbocycles. The molecule has 5 rings (SSSR count). The Morgan fingerprint density at radius 3 is 2.17 bits per heavy atom. The second-order valence-corrected chi connectivity index (χ2v) is 15.2. The van der Waals surface area contributed by atoms with Gasteiger partial charge in [0.05, 0.1) is 25.6 Å². The number of carbonyl (C=O) groups is 3. The van der Waals surface area contributed by atoms with Crippen molar-refractivity contribution in [2.45, 2.75) is 117 Å². The second-order valence-electron chi connectivity index (χ2n) is 15.2. The molecule has 2 N–H and O–H groups in total. The molecule has 53 heavy (non-hydrogen) atoms. The molecule has 0 unspecified atom stereocenters. The van der Waals surface area contributed by atoms with Gasteiger partial charge in [0.25, 0.3) is 0 Å². The van der Waals surface area contributed by atoms with Crippen molar-refractivity contribution >= 4 is 51.1 Å². The predicted octanol–water partition coefficient (Wildman–Crippen LogP) is 8.80. The van der Waals surface area contributed by atoms with E-state index in [1.807, 2.05) is 27.1 Å². The molecule has 0 spiro atoms. The van der Waals surface area contributed by atoms with E-state index in [4.69, 9.17) is 19.4 Å². The lowest BCUT2D eigenvalue weighted by molar-refractivity contribution is -0.141. The van der Waals surface area contributed by atoms with Crippen molar-refractivity contribution in [2.24, 2.45) is 0 Å². The highest BCUT2D eigenvalue weighted by molar-refractivity contribution is 5.94. The smallest absolute Gasteiger partial charge is 0.305 e. The molecule has 10 heteroatoms. The van der Waals surface area contributed by atoms with Crippen LogP contribution in [0.4, 0.5) is 0 Å². The number of rotatable bonds is 14. The Morgan fingerprint density at radius 1 is 0.811 bits per heavy atom. The van der Waals surface area contributed by atoms with Gasteiger partial charge in [0.1, 0.15) is 0 Å². The fourth-order valence-corrected chi connectivity index (χ4v) is 7.81. The zero-order valence-corrected chi connectivity index (χ0v) is 33.1. The van der Waals surface area contributed by atoms with Crippen LogP contribution in [0.5, 0.6) is 0 Å². The average Bonchev–Trinajstić information content (AvgIpc) is 3.79. The van der Waals surface area contributed by atoms with Crippen LogP contribution < -0.4 is 0 Å². The van der Waals surface area contributed by atoms with Crippen molar-refractivity contribution in [3.63, 3.8) is 0 Å². The summed E-state index contributed by atoms with van der Waals surface area (Å²) in [6, 6.07) is 10.5. The van der Waals surface area contributed by atoms with Gasteiger partial charge in [-0.05, 0) is 98.2 Å². The van der Waals surface area contributed by atoms with Gasteiger partial charge in [-0.1, -0.05) is 46.0 Å². The summed E-state index contributed by atoms with van der Waals surface area (Å²) in [6.07, 6.45) is 8.41. The summed E-state index contributed by atoms with van der Waals surface area (Å²) in [5.74, 6) is -0.474. The van der Waals surface area contributed by atoms with Crippen molar-refractivity contribution in [3.8, 4) is 0 Å². The normalized spacial score (nSPS) is 16.9. The van der Waals surface area contributed by atoms with E-state index >= 15 is 0 Å². The molecule has 284 valence electrons. The number of aryl methyl sites for hydroxylation is 3. The highest BCUT2D eigenvalue weighted by Gasteiger charge is 2.44. The Morgan fingerprint density at radius 2 is 1.49 bits per heavy atom. The molecule has 2 aliphatic heterocycles. The molecule has 3 aromatic rings. The molecule has 0 saturated heterocycles. The number of allylic oxidation sites excluding steroid dienone is 2. The summed E-state index contributed by atoms with van der Waals surface area (Å²) in [5, 5.41) is 0. The van der Waals surface area contributed by atoms with Crippen LogP contribution in [-0.4, -0.2) is 71.0 Å². The maximum absolute atomic E-state index is 13.5. The third kappa shape index (κ3) is 8.74. The molecule has 0 aliphatic carbocycles. The Balaban J connectivity index is 1.83. The summed E-state index contributed by atoms with van der Waals surface area (Å²) in [4.78, 5) is 57.7. The number of ether oxygens (including phenoxy) is 2. The molecule has 10 nitrogen and oxygen atoms in total. The van der Waals surface area contributed by atoms with E-state index in [0.29, 0.717) is 19.3 Å². The summed E-state index contributed by atoms with van der Waals surface area (Å²) in [5.41, 5.74) is 11.5. The first kappa shape index (κ1) is 39.5. The Hall–Kier alpha value is -4.73. The molecule has 2 aliphatic rings. The van der Waals surface area contributed by atoms with Crippen LogP contribution in [0.3, 0.4) is 0 Å². The number of carbonyl (C=O) groups excluding carboxylic acids is 3. The van der Waals surface area contributed by atoms with Crippen LogP contribution in [-0.2, 0) is 35.7 Å². The minimum Gasteiger partial charge on any atom is -0.469 e. The lowest BCUT2D eigenvalue weighted by atomic mass is 9.70. The Bertz CT molecular complexity index is 2050. The predicted molar refractivity (Wildman–Crippen MR) is 211 cm³/mol. The fraction of sp³-hybridized carbons (Fsp3) is 0.512. The molecule has 3 aromatic heterocycles. The van der Waals surface area contributed by atoms with E-state index in [0.717, 1.165) is 91.9 Å². The van der Waals surface area contributed by atoms with E-state index in [1.165, 1.54) is 33.5 Å². The van der Waals surface area contributed by atoms with E-state index in [2.05, 4.69) is 61.9 Å². The van der Waals surface area contributed by atoms with Gasteiger partial charge in [0.15, 0.2) is 0 Å². The lowest BCUT2D eigenvalue weighted by Crippen LogP contribution is -2.34. The Kier molecular flexibility index (Phi) is 12.6. The maximum Gasteiger partial charge on any atom is 0.305 e. The maximum atomic E-state index is 13.5. The first-order valence-corrected chi connectivity index (χ1v) is 19.1. The number of esters is 2. The molecular weight excluding hydrogens is 667 g/mol. The number of fused-ring (bicyclic) bond motifs is 8. The minimum atomic E-state index is -0.537. The van der Waals surface area contributed by atoms with E-state index in [1.54, 1.807) is 4.90 Å². The van der Waals surface area contributed by atoms with Crippen LogP contribution in [0.1, 0.15) is 130 Å². The molecular formula is C43H57N5O5. The van der Waals surface area contributed by atoms with Crippen LogP contribution in [0.15, 0.2) is 30.3 Å². The van der Waals surface area contributed by atoms with Gasteiger partial charge < -0.3 is 24.3 Å². The molecule has 0 saturated carbocycles. The van der Waals surface area contributed by atoms with Gasteiger partial charge in [-0.25, -0.2) is 4.98 Å². The van der Waals surface area contributed by atoms with Crippen molar-refractivity contribution in [1.82, 2.24) is 24.8 Å². The number of aromatic nitrogens is 4. The Labute approximate surface area is 313 Å². The van der Waals surface area contributed by atoms with Gasteiger partial charge >= 0.3 is 11.9 Å². The number of nitrogens with one attached hydrogen (secondary N) is 2. The summed E-state index contributed by atoms with van der Waals surface area (Å²) >= 11 is 0. The summed E-state index contributed by atoms with van der Waals surface area (Å²) < 4.78 is 10.0. The molecule has 0 radical (unpaired) electrons. The van der Waals surface area contributed by atoms with Crippen molar-refractivity contribution in [1.29, 1.82) is 0 Å². The zero-order valence-electron chi connectivity index (χ0n) is 33.1. The highest BCUT2D eigenvalue weighted by atomic mass is 16.5. The van der Waals surface area contributed by atoms with E-state index < -0.39 is 5.41 Å². The van der Waals surface area contributed by atoms with Crippen molar-refractivity contribution in [2.75, 3.05) is 28.3 Å². The van der Waals surface area contributed by atoms with E-state index in [-0.39, 0.29) is 36.6 Å². The van der Waals surface area contributed by atoms with Gasteiger partial charge in [-0.2, -0.15) is 0 Å². The minimum absolute atomic E-state index is 0.0113. The molecule has 0 fully saturated rings. The van der Waals surface area contributed by atoms with Crippen LogP contribution >= 0.6 is 0 Å². The lowest BCUT2D eigenvalue weighted by Gasteiger charge is -2.32. The monoisotopic (exact) mass is 723 g/mol. The van der Waals surface area contributed by atoms with Crippen molar-refractivity contribution in [3.05, 3.63) is 69.8 Å².